The van der Waals surface area contributed by atoms with Crippen LogP contribution in [0.2, 0.25) is 0 Å². The minimum absolute atomic E-state index is 0.136. The van der Waals surface area contributed by atoms with Crippen LogP contribution in [0.15, 0.2) is 24.3 Å². The highest BCUT2D eigenvalue weighted by Crippen LogP contribution is 2.60. The molecule has 0 spiro atoms. The predicted octanol–water partition coefficient (Wildman–Crippen LogP) is 5.93. The summed E-state index contributed by atoms with van der Waals surface area (Å²) in [5.74, 6) is 2.81. The highest BCUT2D eigenvalue weighted by molar-refractivity contribution is 6.00. The van der Waals surface area contributed by atoms with Crippen molar-refractivity contribution in [1.82, 2.24) is 4.90 Å². The normalized spacial score (nSPS) is 28.2. The molecule has 0 unspecified atom stereocenters. The number of ether oxygens (including phenoxy) is 3. The molecule has 2 fully saturated rings. The summed E-state index contributed by atoms with van der Waals surface area (Å²) in [6.07, 6.45) is 5.14. The van der Waals surface area contributed by atoms with E-state index >= 15 is 0 Å². The van der Waals surface area contributed by atoms with Crippen molar-refractivity contribution in [2.24, 2.45) is 22.7 Å². The van der Waals surface area contributed by atoms with Crippen LogP contribution in [0.5, 0.6) is 23.0 Å². The van der Waals surface area contributed by atoms with Gasteiger partial charge >= 0.3 is 0 Å². The van der Waals surface area contributed by atoms with Crippen LogP contribution < -0.4 is 14.2 Å². The highest BCUT2D eigenvalue weighted by Gasteiger charge is 2.56. The summed E-state index contributed by atoms with van der Waals surface area (Å²) >= 11 is 0. The molecule has 4 atom stereocenters. The number of hydrogen-bond donors (Lipinski definition) is 1. The van der Waals surface area contributed by atoms with Crippen LogP contribution in [-0.2, 0) is 24.3 Å². The molecule has 1 amide bonds. The second kappa shape index (κ2) is 10.1. The number of rotatable bonds is 7. The Balaban J connectivity index is 1.47. The van der Waals surface area contributed by atoms with Gasteiger partial charge in [0.05, 0.1) is 33.4 Å². The maximum Gasteiger partial charge on any atom is 0.255 e. The van der Waals surface area contributed by atoms with Crippen molar-refractivity contribution in [3.05, 3.63) is 46.5 Å². The SMILES string of the molecule is COc1ccc(CN2Cc3c(cc(OC)c(C[C@]4(C)[C@@H](C)CC[C@]5(C)C(=O)CCC[C@@H]45)c3O)C2=O)cc1OC. The van der Waals surface area contributed by atoms with Crippen LogP contribution in [-0.4, -0.2) is 43.0 Å². The topological polar surface area (TPSA) is 85.3 Å². The van der Waals surface area contributed by atoms with Crippen molar-refractivity contribution in [3.8, 4) is 23.0 Å². The van der Waals surface area contributed by atoms with Crippen molar-refractivity contribution in [2.45, 2.75) is 72.4 Å². The molecule has 0 radical (unpaired) electrons. The molecule has 2 aliphatic carbocycles. The number of hydrogen-bond acceptors (Lipinski definition) is 6. The van der Waals surface area contributed by atoms with Crippen molar-refractivity contribution >= 4 is 11.7 Å². The van der Waals surface area contributed by atoms with Crippen LogP contribution in [0.3, 0.4) is 0 Å². The molecule has 3 aliphatic rings. The van der Waals surface area contributed by atoms with Gasteiger partial charge in [0.15, 0.2) is 11.5 Å². The number of carbonyl (C=O) groups is 2. The average Bonchev–Trinajstić information content (AvgIpc) is 3.24. The van der Waals surface area contributed by atoms with Crippen LogP contribution in [0, 0.1) is 22.7 Å². The van der Waals surface area contributed by atoms with E-state index in [0.717, 1.165) is 36.8 Å². The van der Waals surface area contributed by atoms with Gasteiger partial charge in [0.25, 0.3) is 5.91 Å². The lowest BCUT2D eigenvalue weighted by atomic mass is 9.46. The molecule has 0 aromatic heterocycles. The van der Waals surface area contributed by atoms with Gasteiger partial charge in [-0.3, -0.25) is 9.59 Å². The monoisotopic (exact) mass is 535 g/mol. The average molecular weight is 536 g/mol. The Morgan fingerprint density at radius 1 is 1.00 bits per heavy atom. The summed E-state index contributed by atoms with van der Waals surface area (Å²) in [7, 11) is 4.77. The minimum atomic E-state index is -0.314. The zero-order valence-corrected chi connectivity index (χ0v) is 24.1. The van der Waals surface area contributed by atoms with Crippen molar-refractivity contribution in [1.29, 1.82) is 0 Å². The molecule has 2 aromatic carbocycles. The predicted molar refractivity (Wildman–Crippen MR) is 148 cm³/mol. The molecular weight excluding hydrogens is 494 g/mol. The fraction of sp³-hybridized carbons (Fsp3) is 0.562. The van der Waals surface area contributed by atoms with E-state index in [1.807, 2.05) is 18.2 Å². The lowest BCUT2D eigenvalue weighted by Crippen LogP contribution is -2.54. The number of ketones is 1. The van der Waals surface area contributed by atoms with Crippen molar-refractivity contribution < 1.29 is 28.9 Å². The smallest absolute Gasteiger partial charge is 0.255 e. The maximum atomic E-state index is 13.4. The third kappa shape index (κ3) is 4.34. The van der Waals surface area contributed by atoms with Gasteiger partial charge in [-0.2, -0.15) is 0 Å². The fourth-order valence-electron chi connectivity index (χ4n) is 7.70. The summed E-state index contributed by atoms with van der Waals surface area (Å²) < 4.78 is 16.6. The molecule has 5 rings (SSSR count). The van der Waals surface area contributed by atoms with Crippen LogP contribution in [0.4, 0.5) is 0 Å². The quantitative estimate of drug-likeness (QED) is 0.473. The number of nitrogens with zero attached hydrogens (tertiary/aromatic N) is 1. The van der Waals surface area contributed by atoms with Crippen molar-refractivity contribution in [3.63, 3.8) is 0 Å². The Morgan fingerprint density at radius 2 is 1.72 bits per heavy atom. The molecule has 1 heterocycles. The molecular formula is C32H41NO6. The first-order valence-electron chi connectivity index (χ1n) is 14.0. The molecule has 2 saturated carbocycles. The summed E-state index contributed by atoms with van der Waals surface area (Å²) in [4.78, 5) is 28.3. The minimum Gasteiger partial charge on any atom is -0.507 e. The summed E-state index contributed by atoms with van der Waals surface area (Å²) in [6, 6.07) is 7.41. The second-order valence-corrected chi connectivity index (χ2v) is 12.2. The van der Waals surface area contributed by atoms with Crippen LogP contribution in [0.1, 0.15) is 79.9 Å². The Kier molecular flexibility index (Phi) is 7.06. The first kappa shape index (κ1) is 27.4. The molecule has 39 heavy (non-hydrogen) atoms. The van der Waals surface area contributed by atoms with Crippen LogP contribution in [0.25, 0.3) is 0 Å². The molecule has 1 aliphatic heterocycles. The van der Waals surface area contributed by atoms with E-state index in [9.17, 15) is 14.7 Å². The first-order valence-corrected chi connectivity index (χ1v) is 14.0. The number of amides is 1. The van der Waals surface area contributed by atoms with Gasteiger partial charge in [-0.25, -0.2) is 0 Å². The molecule has 7 nitrogen and oxygen atoms in total. The lowest BCUT2D eigenvalue weighted by molar-refractivity contribution is -0.148. The summed E-state index contributed by atoms with van der Waals surface area (Å²) in [6.45, 7) is 7.43. The number of Topliss-reactive ketones (excluding diaryl/α,β-unsaturated/α-hetero) is 1. The summed E-state index contributed by atoms with van der Waals surface area (Å²) in [5.41, 5.74) is 2.29. The van der Waals surface area contributed by atoms with Gasteiger partial charge in [-0.1, -0.05) is 26.8 Å². The molecule has 0 saturated heterocycles. The Bertz CT molecular complexity index is 1300. The van der Waals surface area contributed by atoms with E-state index in [1.165, 1.54) is 0 Å². The van der Waals surface area contributed by atoms with E-state index < -0.39 is 0 Å². The van der Waals surface area contributed by atoms with Gasteiger partial charge in [0.2, 0.25) is 0 Å². The first-order chi connectivity index (χ1) is 18.6. The Morgan fingerprint density at radius 3 is 2.41 bits per heavy atom. The fourth-order valence-corrected chi connectivity index (χ4v) is 7.70. The largest absolute Gasteiger partial charge is 0.507 e. The number of carbonyl (C=O) groups excluding carboxylic acids is 2. The molecule has 2 aromatic rings. The molecule has 210 valence electrons. The molecule has 1 N–H and O–H groups in total. The van der Waals surface area contributed by atoms with Crippen LogP contribution >= 0.6 is 0 Å². The number of aromatic hydroxyl groups is 1. The van der Waals surface area contributed by atoms with Gasteiger partial charge < -0.3 is 24.2 Å². The van der Waals surface area contributed by atoms with Crippen molar-refractivity contribution in [2.75, 3.05) is 21.3 Å². The van der Waals surface area contributed by atoms with Gasteiger partial charge in [-0.05, 0) is 73.1 Å². The maximum absolute atomic E-state index is 13.4. The zero-order chi connectivity index (χ0) is 28.1. The van der Waals surface area contributed by atoms with Gasteiger partial charge in [0, 0.05) is 29.5 Å². The number of phenolic OH excluding ortho intramolecular Hbond substituents is 1. The number of fused-ring (bicyclic) bond motifs is 2. The third-order valence-corrected chi connectivity index (χ3v) is 10.3. The van der Waals surface area contributed by atoms with E-state index in [4.69, 9.17) is 14.2 Å². The standard InChI is InChI=1S/C32H41NO6/c1-19-12-13-31(2)27(8-7-9-28(31)34)32(19,3)16-22-25(38-5)15-21-23(29(22)35)18-33(30(21)36)17-20-10-11-24(37-4)26(14-20)39-6/h10-11,14-15,19,27,35H,7-9,12-13,16-18H2,1-6H3/t19-,27+,31-,32+/m0/s1. The molecule has 0 bridgehead atoms. The Labute approximate surface area is 231 Å². The van der Waals surface area contributed by atoms with E-state index in [-0.39, 0.29) is 28.4 Å². The van der Waals surface area contributed by atoms with E-state index in [2.05, 4.69) is 20.8 Å². The summed E-state index contributed by atoms with van der Waals surface area (Å²) in [5, 5.41) is 11.7. The molecule has 7 heteroatoms. The van der Waals surface area contributed by atoms with Gasteiger partial charge in [0.1, 0.15) is 17.3 Å². The number of benzene rings is 2. The second-order valence-electron chi connectivity index (χ2n) is 12.2. The van der Waals surface area contributed by atoms with E-state index in [1.54, 1.807) is 32.3 Å². The third-order valence-electron chi connectivity index (χ3n) is 10.3. The zero-order valence-electron chi connectivity index (χ0n) is 24.1. The lowest BCUT2D eigenvalue weighted by Gasteiger charge is -2.57. The number of phenols is 1. The van der Waals surface area contributed by atoms with E-state index in [0.29, 0.717) is 66.0 Å². The number of methoxy groups -OCH3 is 3. The Hall–Kier alpha value is -3.22. The highest BCUT2D eigenvalue weighted by atomic mass is 16.5. The van der Waals surface area contributed by atoms with Gasteiger partial charge in [-0.15, -0.1) is 0 Å².